The first kappa shape index (κ1) is 18.3. The number of halogens is 3. The number of hydrogen-bond acceptors (Lipinski definition) is 2. The Labute approximate surface area is 141 Å². The normalized spacial score (nSPS) is 13.2. The van der Waals surface area contributed by atoms with Crippen LogP contribution in [-0.2, 0) is 6.18 Å². The van der Waals surface area contributed by atoms with Gasteiger partial charge in [0.2, 0.25) is 0 Å². The van der Waals surface area contributed by atoms with Crippen molar-refractivity contribution in [3.05, 3.63) is 65.2 Å². The van der Waals surface area contributed by atoms with Gasteiger partial charge in [-0.25, -0.2) is 5.84 Å². The summed E-state index contributed by atoms with van der Waals surface area (Å²) in [5.41, 5.74) is 2.17. The Bertz CT molecular complexity index is 646. The van der Waals surface area contributed by atoms with Gasteiger partial charge in [0, 0.05) is 0 Å². The highest BCUT2D eigenvalue weighted by molar-refractivity contribution is 5.49. The number of anilines is 1. The van der Waals surface area contributed by atoms with Gasteiger partial charge in [-0.3, -0.25) is 0 Å². The largest absolute Gasteiger partial charge is 0.416 e. The van der Waals surface area contributed by atoms with Crippen LogP contribution in [0.4, 0.5) is 18.9 Å². The molecular weight excluding hydrogens is 313 g/mol. The maximum atomic E-state index is 12.7. The van der Waals surface area contributed by atoms with Gasteiger partial charge in [0.25, 0.3) is 0 Å². The van der Waals surface area contributed by atoms with E-state index in [0.29, 0.717) is 12.3 Å². The Morgan fingerprint density at radius 2 is 1.42 bits per heavy atom. The number of benzene rings is 2. The molecule has 2 aromatic carbocycles. The fourth-order valence-corrected chi connectivity index (χ4v) is 2.70. The molecule has 0 heterocycles. The first-order valence-corrected chi connectivity index (χ1v) is 8.05. The van der Waals surface area contributed by atoms with Gasteiger partial charge in [0.05, 0.1) is 17.3 Å². The highest BCUT2D eigenvalue weighted by Crippen LogP contribution is 2.32. The van der Waals surface area contributed by atoms with Crippen LogP contribution in [0.25, 0.3) is 0 Å². The molecule has 0 amide bonds. The molecule has 2 aromatic rings. The van der Waals surface area contributed by atoms with Crippen molar-refractivity contribution < 1.29 is 13.2 Å². The van der Waals surface area contributed by atoms with Crippen molar-refractivity contribution in [1.82, 2.24) is 0 Å². The van der Waals surface area contributed by atoms with Crippen molar-refractivity contribution in [2.24, 2.45) is 5.84 Å². The van der Waals surface area contributed by atoms with Gasteiger partial charge in [-0.15, -0.1) is 0 Å². The van der Waals surface area contributed by atoms with E-state index in [-0.39, 0.29) is 6.04 Å². The number of rotatable bonds is 5. The third-order valence-corrected chi connectivity index (χ3v) is 4.20. The van der Waals surface area contributed by atoms with Gasteiger partial charge in [-0.1, -0.05) is 45.0 Å². The highest BCUT2D eigenvalue weighted by atomic mass is 19.4. The molecule has 0 bridgehead atoms. The molecule has 24 heavy (non-hydrogen) atoms. The SMILES string of the molecule is CCC(c1ccc(C(F)(F)F)cc1)N(N)c1ccc(C(C)C)cc1. The molecule has 0 aliphatic rings. The lowest BCUT2D eigenvalue weighted by atomic mass is 10.00. The smallest absolute Gasteiger partial charge is 0.304 e. The zero-order valence-electron chi connectivity index (χ0n) is 14.1. The van der Waals surface area contributed by atoms with Crippen LogP contribution in [0.3, 0.4) is 0 Å². The van der Waals surface area contributed by atoms with Crippen LogP contribution >= 0.6 is 0 Å². The van der Waals surface area contributed by atoms with Gasteiger partial charge < -0.3 is 5.01 Å². The summed E-state index contributed by atoms with van der Waals surface area (Å²) in [5, 5.41) is 1.62. The standard InChI is InChI=1S/C19H23F3N2/c1-4-18(15-5-9-16(10-6-15)19(20,21)22)24(23)17-11-7-14(8-12-17)13(2)3/h5-13,18H,4,23H2,1-3H3. The third-order valence-electron chi connectivity index (χ3n) is 4.20. The molecule has 1 unspecified atom stereocenters. The summed E-state index contributed by atoms with van der Waals surface area (Å²) in [7, 11) is 0. The first-order valence-electron chi connectivity index (χ1n) is 8.05. The summed E-state index contributed by atoms with van der Waals surface area (Å²) >= 11 is 0. The predicted molar refractivity (Wildman–Crippen MR) is 91.7 cm³/mol. The third kappa shape index (κ3) is 4.09. The average Bonchev–Trinajstić information content (AvgIpc) is 2.55. The minimum atomic E-state index is -4.32. The van der Waals surface area contributed by atoms with Gasteiger partial charge >= 0.3 is 6.18 Å². The van der Waals surface area contributed by atoms with Crippen LogP contribution in [-0.4, -0.2) is 0 Å². The van der Waals surface area contributed by atoms with E-state index in [2.05, 4.69) is 13.8 Å². The van der Waals surface area contributed by atoms with Gasteiger partial charge in [0.1, 0.15) is 0 Å². The fraction of sp³-hybridized carbons (Fsp3) is 0.368. The first-order chi connectivity index (χ1) is 11.2. The van der Waals surface area contributed by atoms with Crippen molar-refractivity contribution in [3.8, 4) is 0 Å². The van der Waals surface area contributed by atoms with E-state index in [1.807, 2.05) is 31.2 Å². The molecular formula is C19H23F3N2. The zero-order valence-corrected chi connectivity index (χ0v) is 14.1. The van der Waals surface area contributed by atoms with E-state index in [9.17, 15) is 13.2 Å². The Kier molecular flexibility index (Phi) is 5.54. The van der Waals surface area contributed by atoms with Crippen molar-refractivity contribution in [1.29, 1.82) is 0 Å². The molecule has 1 atom stereocenters. The van der Waals surface area contributed by atoms with Gasteiger partial charge in [0.15, 0.2) is 0 Å². The molecule has 0 aliphatic heterocycles. The summed E-state index contributed by atoms with van der Waals surface area (Å²) in [6, 6.07) is 13.0. The monoisotopic (exact) mass is 336 g/mol. The van der Waals surface area contributed by atoms with Crippen LogP contribution in [0.5, 0.6) is 0 Å². The minimum Gasteiger partial charge on any atom is -0.304 e. The molecule has 0 aliphatic carbocycles. The van der Waals surface area contributed by atoms with Gasteiger partial charge in [-0.05, 0) is 47.7 Å². The maximum Gasteiger partial charge on any atom is 0.416 e. The number of hydrogen-bond donors (Lipinski definition) is 1. The van der Waals surface area contributed by atoms with Crippen LogP contribution in [0, 0.1) is 0 Å². The topological polar surface area (TPSA) is 29.3 Å². The van der Waals surface area contributed by atoms with Crippen molar-refractivity contribution in [3.63, 3.8) is 0 Å². The Morgan fingerprint density at radius 1 is 0.917 bits per heavy atom. The molecule has 0 fully saturated rings. The summed E-state index contributed by atoms with van der Waals surface area (Å²) < 4.78 is 38.1. The molecule has 0 saturated heterocycles. The molecule has 5 heteroatoms. The highest BCUT2D eigenvalue weighted by Gasteiger charge is 2.30. The van der Waals surface area contributed by atoms with E-state index >= 15 is 0 Å². The van der Waals surface area contributed by atoms with Crippen molar-refractivity contribution >= 4 is 5.69 Å². The van der Waals surface area contributed by atoms with Crippen LogP contribution < -0.4 is 10.9 Å². The fourth-order valence-electron chi connectivity index (χ4n) is 2.70. The minimum absolute atomic E-state index is 0.183. The van der Waals surface area contributed by atoms with Gasteiger partial charge in [-0.2, -0.15) is 13.2 Å². The molecule has 0 aromatic heterocycles. The van der Waals surface area contributed by atoms with E-state index in [1.165, 1.54) is 17.7 Å². The predicted octanol–water partition coefficient (Wildman–Crippen LogP) is 5.66. The summed E-state index contributed by atoms with van der Waals surface area (Å²) in [6.45, 7) is 6.20. The van der Waals surface area contributed by atoms with Crippen LogP contribution in [0.1, 0.15) is 55.8 Å². The molecule has 0 saturated carbocycles. The Hall–Kier alpha value is -2.01. The molecule has 130 valence electrons. The lowest BCUT2D eigenvalue weighted by Crippen LogP contribution is -2.35. The van der Waals surface area contributed by atoms with Crippen molar-refractivity contribution in [2.45, 2.75) is 45.3 Å². The summed E-state index contributed by atoms with van der Waals surface area (Å²) in [6.07, 6.45) is -3.64. The zero-order chi connectivity index (χ0) is 17.9. The summed E-state index contributed by atoms with van der Waals surface area (Å²) in [4.78, 5) is 0. The average molecular weight is 336 g/mol. The Morgan fingerprint density at radius 3 is 1.83 bits per heavy atom. The second-order valence-corrected chi connectivity index (χ2v) is 6.20. The molecule has 2 N–H and O–H groups in total. The number of alkyl halides is 3. The second kappa shape index (κ2) is 7.26. The van der Waals surface area contributed by atoms with Crippen LogP contribution in [0.2, 0.25) is 0 Å². The molecule has 2 nitrogen and oxygen atoms in total. The lowest BCUT2D eigenvalue weighted by molar-refractivity contribution is -0.137. The second-order valence-electron chi connectivity index (χ2n) is 6.20. The Balaban J connectivity index is 2.23. The van der Waals surface area contributed by atoms with Crippen molar-refractivity contribution in [2.75, 3.05) is 5.01 Å². The molecule has 0 spiro atoms. The molecule has 0 radical (unpaired) electrons. The number of nitrogens with two attached hydrogens (primary N) is 1. The summed E-state index contributed by atoms with van der Waals surface area (Å²) in [5.74, 6) is 6.68. The van der Waals surface area contributed by atoms with E-state index in [0.717, 1.165) is 23.4 Å². The van der Waals surface area contributed by atoms with E-state index in [1.54, 1.807) is 5.01 Å². The maximum absolute atomic E-state index is 12.7. The quantitative estimate of drug-likeness (QED) is 0.564. The van der Waals surface area contributed by atoms with E-state index in [4.69, 9.17) is 5.84 Å². The van der Waals surface area contributed by atoms with Crippen LogP contribution in [0.15, 0.2) is 48.5 Å². The van der Waals surface area contributed by atoms with E-state index < -0.39 is 11.7 Å². The molecule has 2 rings (SSSR count). The lowest BCUT2D eigenvalue weighted by Gasteiger charge is -2.29. The number of nitrogens with zero attached hydrogens (tertiary/aromatic N) is 1. The number of hydrazine groups is 1.